The second kappa shape index (κ2) is 5.58. The average molecular weight is 305 g/mol. The summed E-state index contributed by atoms with van der Waals surface area (Å²) in [5, 5.41) is 18.0. The van der Waals surface area contributed by atoms with E-state index in [1.807, 2.05) is 6.20 Å². The standard InChI is InChI=1S/C15H19ClN5/c1-20-4-2-11(3-5-20)21-8-10(9-21)13-7-19-15(18)12(13)6-14(16)17/h6-9,11,17H,2-5H2,1H3,(H2,18,19)/q+1/b12-6-,17-14?. The number of amidine groups is 1. The molecule has 21 heavy (non-hydrogen) atoms. The average Bonchev–Trinajstić information content (AvgIpc) is 2.72. The third-order valence-corrected chi connectivity index (χ3v) is 4.30. The van der Waals surface area contributed by atoms with E-state index < -0.39 is 0 Å². The molecule has 5 nitrogen and oxygen atoms in total. The Morgan fingerprint density at radius 1 is 1.48 bits per heavy atom. The minimum Gasteiger partial charge on any atom is -0.346 e. The van der Waals surface area contributed by atoms with Gasteiger partial charge in [-0.15, -0.1) is 0 Å². The van der Waals surface area contributed by atoms with Crippen molar-refractivity contribution < 1.29 is 4.58 Å². The Balaban J connectivity index is 1.69. The molecule has 1 fully saturated rings. The number of halogens is 1. The SMILES string of the molecule is CN1CCC([N+]2=CC(C3=CNC(=N)/C3=C\C(=N)Cl)=C2)CC1. The van der Waals surface area contributed by atoms with Gasteiger partial charge in [-0.25, -0.2) is 4.58 Å². The van der Waals surface area contributed by atoms with Gasteiger partial charge in [-0.1, -0.05) is 11.6 Å². The minimum atomic E-state index is -0.0588. The lowest BCUT2D eigenvalue weighted by molar-refractivity contribution is -0.510. The predicted molar refractivity (Wildman–Crippen MR) is 85.5 cm³/mol. The van der Waals surface area contributed by atoms with Crippen LogP contribution in [0.2, 0.25) is 0 Å². The maximum absolute atomic E-state index is 7.84. The first-order chi connectivity index (χ1) is 10.0. The van der Waals surface area contributed by atoms with Crippen LogP contribution in [0.25, 0.3) is 0 Å². The fourth-order valence-corrected chi connectivity index (χ4v) is 3.01. The highest BCUT2D eigenvalue weighted by molar-refractivity contribution is 6.67. The molecule has 0 aliphatic carbocycles. The Bertz CT molecular complexity index is 618. The van der Waals surface area contributed by atoms with E-state index in [0.717, 1.165) is 24.2 Å². The quantitative estimate of drug-likeness (QED) is 0.548. The first kappa shape index (κ1) is 14.2. The molecule has 0 unspecified atom stereocenters. The van der Waals surface area contributed by atoms with Crippen molar-refractivity contribution in [2.45, 2.75) is 18.9 Å². The zero-order valence-electron chi connectivity index (χ0n) is 12.0. The topological polar surface area (TPSA) is 66.0 Å². The lowest BCUT2D eigenvalue weighted by Gasteiger charge is -2.28. The molecule has 1 saturated heterocycles. The molecule has 3 N–H and O–H groups in total. The van der Waals surface area contributed by atoms with E-state index in [2.05, 4.69) is 34.3 Å². The van der Waals surface area contributed by atoms with Crippen molar-refractivity contribution in [3.05, 3.63) is 35.2 Å². The molecule has 3 aliphatic rings. The van der Waals surface area contributed by atoms with Crippen molar-refractivity contribution in [1.29, 1.82) is 10.8 Å². The van der Waals surface area contributed by atoms with Gasteiger partial charge in [-0.2, -0.15) is 0 Å². The second-order valence-electron chi connectivity index (χ2n) is 5.68. The van der Waals surface area contributed by atoms with E-state index in [1.54, 1.807) is 0 Å². The van der Waals surface area contributed by atoms with Crippen LogP contribution in [0.15, 0.2) is 35.2 Å². The van der Waals surface area contributed by atoms with Gasteiger partial charge in [0.2, 0.25) is 0 Å². The van der Waals surface area contributed by atoms with E-state index in [-0.39, 0.29) is 5.17 Å². The zero-order valence-corrected chi connectivity index (χ0v) is 12.7. The summed E-state index contributed by atoms with van der Waals surface area (Å²) in [6.07, 6.45) is 9.95. The molecule has 110 valence electrons. The number of nitrogens with zero attached hydrogens (tertiary/aromatic N) is 2. The number of piperidine rings is 1. The molecule has 6 heteroatoms. The third kappa shape index (κ3) is 2.84. The van der Waals surface area contributed by atoms with Gasteiger partial charge in [-0.3, -0.25) is 10.8 Å². The number of allylic oxidation sites excluding steroid dienone is 2. The highest BCUT2D eigenvalue weighted by atomic mass is 35.5. The first-order valence-electron chi connectivity index (χ1n) is 7.09. The summed E-state index contributed by atoms with van der Waals surface area (Å²) in [5.74, 6) is 0.294. The minimum absolute atomic E-state index is 0.0588. The van der Waals surface area contributed by atoms with Crippen LogP contribution < -0.4 is 5.32 Å². The lowest BCUT2D eigenvalue weighted by Crippen LogP contribution is -2.40. The Morgan fingerprint density at radius 3 is 2.76 bits per heavy atom. The van der Waals surface area contributed by atoms with Crippen molar-refractivity contribution in [3.8, 4) is 0 Å². The van der Waals surface area contributed by atoms with E-state index in [9.17, 15) is 0 Å². The summed E-state index contributed by atoms with van der Waals surface area (Å²) in [7, 11) is 2.16. The molecule has 0 spiro atoms. The van der Waals surface area contributed by atoms with Crippen molar-refractivity contribution in [2.24, 2.45) is 0 Å². The lowest BCUT2D eigenvalue weighted by atomic mass is 9.96. The molecule has 0 aromatic carbocycles. The number of hydrogen-bond donors (Lipinski definition) is 3. The van der Waals surface area contributed by atoms with Crippen molar-refractivity contribution in [2.75, 3.05) is 20.1 Å². The van der Waals surface area contributed by atoms with Gasteiger partial charge in [0.1, 0.15) is 16.6 Å². The Labute approximate surface area is 129 Å². The largest absolute Gasteiger partial charge is 0.346 e. The summed E-state index contributed by atoms with van der Waals surface area (Å²) in [6.45, 7) is 2.28. The molecular weight excluding hydrogens is 286 g/mol. The van der Waals surface area contributed by atoms with Crippen LogP contribution in [0.1, 0.15) is 12.8 Å². The summed E-state index contributed by atoms with van der Waals surface area (Å²) < 4.78 is 2.27. The molecule has 0 amide bonds. The van der Waals surface area contributed by atoms with Gasteiger partial charge in [0, 0.05) is 43.3 Å². The zero-order chi connectivity index (χ0) is 15.0. The first-order valence-corrected chi connectivity index (χ1v) is 7.47. The van der Waals surface area contributed by atoms with Crippen LogP contribution in [-0.4, -0.2) is 52.9 Å². The summed E-state index contributed by atoms with van der Waals surface area (Å²) in [5.41, 5.74) is 2.71. The Kier molecular flexibility index (Phi) is 3.78. The van der Waals surface area contributed by atoms with Gasteiger partial charge in [-0.05, 0) is 13.1 Å². The normalized spacial score (nSPS) is 25.1. The highest BCUT2D eigenvalue weighted by Crippen LogP contribution is 2.27. The van der Waals surface area contributed by atoms with Gasteiger partial charge >= 0.3 is 0 Å². The molecular formula is C15H19ClN5+. The van der Waals surface area contributed by atoms with Crippen LogP contribution >= 0.6 is 11.6 Å². The van der Waals surface area contributed by atoms with Crippen LogP contribution in [-0.2, 0) is 0 Å². The molecule has 0 aromatic heterocycles. The number of nitrogens with one attached hydrogen (secondary N) is 3. The maximum Gasteiger partial charge on any atom is 0.183 e. The van der Waals surface area contributed by atoms with Gasteiger partial charge in [0.15, 0.2) is 18.5 Å². The second-order valence-corrected chi connectivity index (χ2v) is 6.09. The fraction of sp³-hybridized carbons (Fsp3) is 0.400. The Hall–Kier alpha value is -1.72. The molecule has 3 rings (SSSR count). The molecule has 0 saturated carbocycles. The predicted octanol–water partition coefficient (Wildman–Crippen LogP) is 1.67. The number of likely N-dealkylation sites (tertiary alicyclic amines) is 1. The van der Waals surface area contributed by atoms with E-state index in [0.29, 0.717) is 17.5 Å². The molecule has 0 aromatic rings. The van der Waals surface area contributed by atoms with E-state index in [1.165, 1.54) is 18.9 Å². The smallest absolute Gasteiger partial charge is 0.183 e. The number of hydrogen-bond acceptors (Lipinski definition) is 3. The van der Waals surface area contributed by atoms with Gasteiger partial charge in [0.25, 0.3) is 0 Å². The van der Waals surface area contributed by atoms with Gasteiger partial charge in [0.05, 0.1) is 0 Å². The monoisotopic (exact) mass is 304 g/mol. The van der Waals surface area contributed by atoms with Gasteiger partial charge < -0.3 is 10.2 Å². The molecule has 3 heterocycles. The summed E-state index contributed by atoms with van der Waals surface area (Å²) >= 11 is 5.63. The fourth-order valence-electron chi connectivity index (χ4n) is 2.90. The molecule has 0 bridgehead atoms. The molecule has 0 radical (unpaired) electrons. The van der Waals surface area contributed by atoms with Crippen LogP contribution in [0, 0.1) is 10.8 Å². The highest BCUT2D eigenvalue weighted by Gasteiger charge is 2.33. The summed E-state index contributed by atoms with van der Waals surface area (Å²) in [6, 6.07) is 0.582. The summed E-state index contributed by atoms with van der Waals surface area (Å²) in [4.78, 5) is 2.36. The Morgan fingerprint density at radius 2 is 2.14 bits per heavy atom. The van der Waals surface area contributed by atoms with E-state index in [4.69, 9.17) is 22.4 Å². The van der Waals surface area contributed by atoms with Crippen molar-refractivity contribution >= 4 is 28.8 Å². The van der Waals surface area contributed by atoms with Crippen molar-refractivity contribution in [3.63, 3.8) is 0 Å². The number of rotatable bonds is 3. The van der Waals surface area contributed by atoms with E-state index >= 15 is 0 Å². The molecule has 3 aliphatic heterocycles. The van der Waals surface area contributed by atoms with Crippen molar-refractivity contribution in [1.82, 2.24) is 10.2 Å². The van der Waals surface area contributed by atoms with Crippen LogP contribution in [0.3, 0.4) is 0 Å². The van der Waals surface area contributed by atoms with Crippen LogP contribution in [0.5, 0.6) is 0 Å². The van der Waals surface area contributed by atoms with Crippen LogP contribution in [0.4, 0.5) is 0 Å². The molecule has 0 atom stereocenters. The third-order valence-electron chi connectivity index (χ3n) is 4.19. The maximum atomic E-state index is 7.84.